The Kier molecular flexibility index (Phi) is 4.53. The quantitative estimate of drug-likeness (QED) is 0.714. The van der Waals surface area contributed by atoms with Crippen molar-refractivity contribution >= 4 is 21.6 Å². The van der Waals surface area contributed by atoms with Gasteiger partial charge in [0, 0.05) is 0 Å². The second-order valence-corrected chi connectivity index (χ2v) is 3.93. The average Bonchev–Trinajstić information content (AvgIpc) is 2.66. The molecule has 0 saturated heterocycles. The van der Waals surface area contributed by atoms with Gasteiger partial charge in [-0.25, -0.2) is 9.97 Å². The highest BCUT2D eigenvalue weighted by molar-refractivity contribution is 7.17. The Morgan fingerprint density at radius 1 is 1.21 bits per heavy atom. The fraction of sp³-hybridized carbons (Fsp3) is 0.455. The van der Waals surface area contributed by atoms with Crippen LogP contribution in [0.5, 0.6) is 0 Å². The predicted octanol–water partition coefficient (Wildman–Crippen LogP) is 3.67. The first-order chi connectivity index (χ1) is 6.83. The molecule has 0 bridgehead atoms. The first-order valence-corrected chi connectivity index (χ1v) is 5.88. The van der Waals surface area contributed by atoms with Crippen LogP contribution < -0.4 is 0 Å². The first kappa shape index (κ1) is 11.1. The van der Waals surface area contributed by atoms with E-state index in [4.69, 9.17) is 0 Å². The van der Waals surface area contributed by atoms with E-state index in [1.807, 2.05) is 6.07 Å². The number of thiophene rings is 1. The van der Waals surface area contributed by atoms with E-state index in [1.165, 1.54) is 11.1 Å². The van der Waals surface area contributed by atoms with Gasteiger partial charge in [-0.3, -0.25) is 0 Å². The molecule has 0 fully saturated rings. The lowest BCUT2D eigenvalue weighted by Gasteiger charge is -1.94. The zero-order chi connectivity index (χ0) is 10.4. The molecule has 0 amide bonds. The van der Waals surface area contributed by atoms with E-state index in [1.54, 1.807) is 17.7 Å². The van der Waals surface area contributed by atoms with Gasteiger partial charge in [0.25, 0.3) is 0 Å². The summed E-state index contributed by atoms with van der Waals surface area (Å²) in [6.45, 7) is 6.36. The van der Waals surface area contributed by atoms with E-state index < -0.39 is 0 Å². The molecule has 3 heteroatoms. The van der Waals surface area contributed by atoms with E-state index in [0.29, 0.717) is 0 Å². The van der Waals surface area contributed by atoms with Gasteiger partial charge in [-0.05, 0) is 17.9 Å². The second kappa shape index (κ2) is 5.70. The Bertz CT molecular complexity index is 381. The molecule has 14 heavy (non-hydrogen) atoms. The van der Waals surface area contributed by atoms with Crippen LogP contribution in [-0.2, 0) is 6.42 Å². The van der Waals surface area contributed by atoms with Crippen LogP contribution in [0.2, 0.25) is 0 Å². The molecule has 2 aromatic rings. The minimum Gasteiger partial charge on any atom is -0.240 e. The van der Waals surface area contributed by atoms with Crippen LogP contribution in [0.25, 0.3) is 10.2 Å². The third-order valence-electron chi connectivity index (χ3n) is 1.65. The number of rotatable bonds is 1. The van der Waals surface area contributed by atoms with Gasteiger partial charge in [0.05, 0.1) is 15.9 Å². The summed E-state index contributed by atoms with van der Waals surface area (Å²) < 4.78 is 1.23. The molecule has 2 heterocycles. The molecule has 0 saturated carbocycles. The van der Waals surface area contributed by atoms with Crippen molar-refractivity contribution in [1.82, 2.24) is 9.97 Å². The standard InChI is InChI=1S/C8H8N2S.C3H8/c1-2-6-8-7(3-4-11-8)10-5-9-6;1-3-2/h3-5H,2H2,1H3;3H2,1-2H3. The van der Waals surface area contributed by atoms with Crippen molar-refractivity contribution in [2.45, 2.75) is 33.6 Å². The van der Waals surface area contributed by atoms with Crippen molar-refractivity contribution in [3.63, 3.8) is 0 Å². The minimum atomic E-state index is 0.986. The van der Waals surface area contributed by atoms with Crippen molar-refractivity contribution in [3.8, 4) is 0 Å². The van der Waals surface area contributed by atoms with E-state index in [0.717, 1.165) is 17.6 Å². The van der Waals surface area contributed by atoms with Gasteiger partial charge < -0.3 is 0 Å². The van der Waals surface area contributed by atoms with E-state index in [2.05, 4.69) is 36.1 Å². The van der Waals surface area contributed by atoms with Gasteiger partial charge in [-0.1, -0.05) is 27.2 Å². The van der Waals surface area contributed by atoms with Crippen molar-refractivity contribution in [3.05, 3.63) is 23.5 Å². The van der Waals surface area contributed by atoms with Crippen LogP contribution in [0.15, 0.2) is 17.8 Å². The van der Waals surface area contributed by atoms with Crippen molar-refractivity contribution in [2.24, 2.45) is 0 Å². The molecule has 0 aromatic carbocycles. The van der Waals surface area contributed by atoms with Crippen LogP contribution in [0.4, 0.5) is 0 Å². The van der Waals surface area contributed by atoms with E-state index in [9.17, 15) is 0 Å². The summed E-state index contributed by atoms with van der Waals surface area (Å²) in [6, 6.07) is 2.03. The maximum atomic E-state index is 4.20. The molecule has 2 rings (SSSR count). The Hall–Kier alpha value is -0.960. The molecular formula is C11H16N2S. The van der Waals surface area contributed by atoms with Crippen LogP contribution in [0, 0.1) is 0 Å². The molecule has 0 spiro atoms. The van der Waals surface area contributed by atoms with Crippen LogP contribution in [0.1, 0.15) is 32.9 Å². The van der Waals surface area contributed by atoms with E-state index >= 15 is 0 Å². The largest absolute Gasteiger partial charge is 0.240 e. The van der Waals surface area contributed by atoms with Crippen LogP contribution in [-0.4, -0.2) is 9.97 Å². The number of aryl methyl sites for hydroxylation is 1. The van der Waals surface area contributed by atoms with Gasteiger partial charge in [-0.2, -0.15) is 0 Å². The molecule has 0 unspecified atom stereocenters. The van der Waals surface area contributed by atoms with E-state index in [-0.39, 0.29) is 0 Å². The number of hydrogen-bond donors (Lipinski definition) is 0. The Balaban J connectivity index is 0.000000293. The highest BCUT2D eigenvalue weighted by Crippen LogP contribution is 2.20. The summed E-state index contributed by atoms with van der Waals surface area (Å²) in [4.78, 5) is 8.35. The van der Waals surface area contributed by atoms with Gasteiger partial charge in [-0.15, -0.1) is 11.3 Å². The maximum Gasteiger partial charge on any atom is 0.116 e. The lowest BCUT2D eigenvalue weighted by Crippen LogP contribution is -1.86. The summed E-state index contributed by atoms with van der Waals surface area (Å²) in [7, 11) is 0. The Labute approximate surface area is 89.0 Å². The highest BCUT2D eigenvalue weighted by atomic mass is 32.1. The van der Waals surface area contributed by atoms with Crippen molar-refractivity contribution in [1.29, 1.82) is 0 Å². The lowest BCUT2D eigenvalue weighted by atomic mass is 10.3. The fourth-order valence-corrected chi connectivity index (χ4v) is 2.00. The van der Waals surface area contributed by atoms with Gasteiger partial charge >= 0.3 is 0 Å². The predicted molar refractivity (Wildman–Crippen MR) is 62.8 cm³/mol. The minimum absolute atomic E-state index is 0.986. The summed E-state index contributed by atoms with van der Waals surface area (Å²) in [6.07, 6.45) is 3.87. The topological polar surface area (TPSA) is 25.8 Å². The monoisotopic (exact) mass is 208 g/mol. The molecular weight excluding hydrogens is 192 g/mol. The zero-order valence-electron chi connectivity index (χ0n) is 8.95. The highest BCUT2D eigenvalue weighted by Gasteiger charge is 2.00. The number of aromatic nitrogens is 2. The second-order valence-electron chi connectivity index (χ2n) is 3.02. The number of fused-ring (bicyclic) bond motifs is 1. The molecule has 2 aromatic heterocycles. The summed E-state index contributed by atoms with van der Waals surface area (Å²) in [5.74, 6) is 0. The molecule has 0 aliphatic rings. The van der Waals surface area contributed by atoms with Crippen molar-refractivity contribution in [2.75, 3.05) is 0 Å². The third-order valence-corrected chi connectivity index (χ3v) is 2.60. The van der Waals surface area contributed by atoms with Crippen LogP contribution >= 0.6 is 11.3 Å². The van der Waals surface area contributed by atoms with Gasteiger partial charge in [0.2, 0.25) is 0 Å². The summed E-state index contributed by atoms with van der Waals surface area (Å²) in [5, 5.41) is 2.05. The Morgan fingerprint density at radius 2 is 1.93 bits per heavy atom. The molecule has 0 aliphatic heterocycles. The molecule has 0 N–H and O–H groups in total. The summed E-state index contributed by atoms with van der Waals surface area (Å²) >= 11 is 1.71. The summed E-state index contributed by atoms with van der Waals surface area (Å²) in [5.41, 5.74) is 2.23. The molecule has 0 radical (unpaired) electrons. The van der Waals surface area contributed by atoms with Crippen molar-refractivity contribution < 1.29 is 0 Å². The maximum absolute atomic E-state index is 4.20. The molecule has 0 atom stereocenters. The fourth-order valence-electron chi connectivity index (χ4n) is 1.09. The van der Waals surface area contributed by atoms with Crippen LogP contribution in [0.3, 0.4) is 0 Å². The number of nitrogens with zero attached hydrogens (tertiary/aromatic N) is 2. The lowest BCUT2D eigenvalue weighted by molar-refractivity contribution is 1.04. The van der Waals surface area contributed by atoms with Gasteiger partial charge in [0.1, 0.15) is 6.33 Å². The van der Waals surface area contributed by atoms with Gasteiger partial charge in [0.15, 0.2) is 0 Å². The molecule has 0 aliphatic carbocycles. The smallest absolute Gasteiger partial charge is 0.116 e. The normalized spacial score (nSPS) is 9.64. The zero-order valence-corrected chi connectivity index (χ0v) is 9.77. The SMILES string of the molecule is CCC.CCc1ncnc2ccsc12. The number of hydrogen-bond acceptors (Lipinski definition) is 3. The molecule has 2 nitrogen and oxygen atoms in total. The third kappa shape index (κ3) is 2.51. The Morgan fingerprint density at radius 3 is 2.57 bits per heavy atom. The molecule has 76 valence electrons. The first-order valence-electron chi connectivity index (χ1n) is 5.00. The average molecular weight is 208 g/mol.